The first-order chi connectivity index (χ1) is 11.8. The summed E-state index contributed by atoms with van der Waals surface area (Å²) in [6.07, 6.45) is 8.64. The average Bonchev–Trinajstić information content (AvgIpc) is 3.06. The van der Waals surface area contributed by atoms with Crippen LogP contribution in [0.4, 0.5) is 0 Å². The monoisotopic (exact) mass is 322 g/mol. The lowest BCUT2D eigenvalue weighted by Gasteiger charge is -2.20. The summed E-state index contributed by atoms with van der Waals surface area (Å²) in [5, 5.41) is 4.10. The molecule has 0 aliphatic carbocycles. The number of carbonyl (C=O) groups is 1. The van der Waals surface area contributed by atoms with Crippen LogP contribution in [0.3, 0.4) is 0 Å². The second kappa shape index (κ2) is 7.84. The maximum Gasteiger partial charge on any atom is 0.170 e. The van der Waals surface area contributed by atoms with Crippen LogP contribution >= 0.6 is 0 Å². The van der Waals surface area contributed by atoms with Gasteiger partial charge in [-0.3, -0.25) is 4.79 Å². The molecule has 5 nitrogen and oxygen atoms in total. The number of benzene rings is 1. The molecular formula is C19H22N4O. The Bertz CT molecular complexity index is 791. The van der Waals surface area contributed by atoms with Gasteiger partial charge in [0, 0.05) is 24.0 Å². The second-order valence-corrected chi connectivity index (χ2v) is 6.06. The van der Waals surface area contributed by atoms with E-state index in [0.29, 0.717) is 11.3 Å². The van der Waals surface area contributed by atoms with Gasteiger partial charge in [-0.1, -0.05) is 36.8 Å². The summed E-state index contributed by atoms with van der Waals surface area (Å²) in [6, 6.07) is 11.6. The van der Waals surface area contributed by atoms with E-state index in [9.17, 15) is 4.79 Å². The van der Waals surface area contributed by atoms with Crippen molar-refractivity contribution in [2.45, 2.75) is 19.3 Å². The van der Waals surface area contributed by atoms with E-state index < -0.39 is 0 Å². The Kier molecular flexibility index (Phi) is 5.33. The fourth-order valence-electron chi connectivity index (χ4n) is 2.78. The number of carbonyl (C=O) groups excluding carboxylic acids is 1. The Morgan fingerprint density at radius 1 is 1.04 bits per heavy atom. The molecular weight excluding hydrogens is 300 g/mol. The average molecular weight is 322 g/mol. The maximum absolute atomic E-state index is 10.6. The molecule has 24 heavy (non-hydrogen) atoms. The van der Waals surface area contributed by atoms with Crippen molar-refractivity contribution in [3.63, 3.8) is 0 Å². The number of hydrogen-bond donors (Lipinski definition) is 0. The Hall–Kier alpha value is -2.53. The molecule has 1 aliphatic heterocycles. The largest absolute Gasteiger partial charge is 0.306 e. The zero-order chi connectivity index (χ0) is 16.8. The summed E-state index contributed by atoms with van der Waals surface area (Å²) in [7, 11) is 2.19. The van der Waals surface area contributed by atoms with E-state index >= 15 is 0 Å². The standard InChI is InChI=1S/C13H9N3O.C6H13N/c17-9-12-6-13-14-7-11(8-16(13)15-12)10-4-2-1-3-5-10;1-7-5-3-2-4-6-7/h1-9H;2-6H2,1H3. The van der Waals surface area contributed by atoms with Crippen molar-refractivity contribution in [1.29, 1.82) is 0 Å². The van der Waals surface area contributed by atoms with Gasteiger partial charge in [0.15, 0.2) is 11.9 Å². The van der Waals surface area contributed by atoms with E-state index in [1.54, 1.807) is 16.8 Å². The van der Waals surface area contributed by atoms with Gasteiger partial charge in [-0.25, -0.2) is 9.50 Å². The predicted molar refractivity (Wildman–Crippen MR) is 95.2 cm³/mol. The molecule has 3 aromatic rings. The summed E-state index contributed by atoms with van der Waals surface area (Å²) < 4.78 is 1.62. The highest BCUT2D eigenvalue weighted by Gasteiger charge is 2.04. The number of hydrogen-bond acceptors (Lipinski definition) is 4. The van der Waals surface area contributed by atoms with Gasteiger partial charge in [-0.2, -0.15) is 5.10 Å². The van der Waals surface area contributed by atoms with Crippen molar-refractivity contribution in [3.05, 3.63) is 54.5 Å². The smallest absolute Gasteiger partial charge is 0.170 e. The van der Waals surface area contributed by atoms with Crippen molar-refractivity contribution in [1.82, 2.24) is 19.5 Å². The Labute approximate surface area is 141 Å². The highest BCUT2D eigenvalue weighted by atomic mass is 16.1. The number of rotatable bonds is 2. The van der Waals surface area contributed by atoms with E-state index in [4.69, 9.17) is 0 Å². The van der Waals surface area contributed by atoms with Gasteiger partial charge in [0.25, 0.3) is 0 Å². The van der Waals surface area contributed by atoms with Crippen molar-refractivity contribution in [3.8, 4) is 11.1 Å². The molecule has 1 fully saturated rings. The van der Waals surface area contributed by atoms with E-state index in [1.165, 1.54) is 32.4 Å². The third-order valence-corrected chi connectivity index (χ3v) is 4.14. The molecule has 0 amide bonds. The summed E-state index contributed by atoms with van der Waals surface area (Å²) >= 11 is 0. The van der Waals surface area contributed by atoms with Gasteiger partial charge in [0.2, 0.25) is 0 Å². The molecule has 1 saturated heterocycles. The van der Waals surface area contributed by atoms with Gasteiger partial charge >= 0.3 is 0 Å². The summed E-state index contributed by atoms with van der Waals surface area (Å²) in [5.74, 6) is 0. The van der Waals surface area contributed by atoms with E-state index in [2.05, 4.69) is 22.0 Å². The van der Waals surface area contributed by atoms with Crippen LogP contribution in [0.1, 0.15) is 29.8 Å². The second-order valence-electron chi connectivity index (χ2n) is 6.06. The number of aldehydes is 1. The number of likely N-dealkylation sites (tertiary alicyclic amines) is 1. The predicted octanol–water partition coefficient (Wildman–Crippen LogP) is 3.31. The first-order valence-electron chi connectivity index (χ1n) is 8.31. The summed E-state index contributed by atoms with van der Waals surface area (Å²) in [6.45, 7) is 2.64. The van der Waals surface area contributed by atoms with Crippen LogP contribution < -0.4 is 0 Å². The first-order valence-corrected chi connectivity index (χ1v) is 8.31. The van der Waals surface area contributed by atoms with Crippen molar-refractivity contribution >= 4 is 11.9 Å². The molecule has 3 heterocycles. The van der Waals surface area contributed by atoms with Crippen molar-refractivity contribution < 1.29 is 4.79 Å². The SMILES string of the molecule is CN1CCCCC1.O=Cc1cc2ncc(-c3ccccc3)cn2n1. The van der Waals surface area contributed by atoms with Crippen LogP contribution in [0, 0.1) is 0 Å². The molecule has 0 atom stereocenters. The van der Waals surface area contributed by atoms with Crippen molar-refractivity contribution in [2.24, 2.45) is 0 Å². The number of aromatic nitrogens is 3. The molecule has 2 aromatic heterocycles. The van der Waals surface area contributed by atoms with Gasteiger partial charge in [0.1, 0.15) is 5.69 Å². The highest BCUT2D eigenvalue weighted by Crippen LogP contribution is 2.18. The van der Waals surface area contributed by atoms with Gasteiger partial charge in [0.05, 0.1) is 0 Å². The quantitative estimate of drug-likeness (QED) is 0.679. The highest BCUT2D eigenvalue weighted by molar-refractivity contribution is 5.74. The molecule has 0 N–H and O–H groups in total. The maximum atomic E-state index is 10.6. The minimum absolute atomic E-state index is 0.391. The van der Waals surface area contributed by atoms with Crippen LogP contribution in [0.2, 0.25) is 0 Å². The van der Waals surface area contributed by atoms with Crippen LogP contribution in [0.25, 0.3) is 16.8 Å². The molecule has 0 spiro atoms. The first kappa shape index (κ1) is 16.3. The van der Waals surface area contributed by atoms with Crippen LogP contribution in [0.5, 0.6) is 0 Å². The van der Waals surface area contributed by atoms with Crippen LogP contribution in [0.15, 0.2) is 48.8 Å². The molecule has 124 valence electrons. The summed E-state index contributed by atoms with van der Waals surface area (Å²) in [5.41, 5.74) is 3.11. The Morgan fingerprint density at radius 2 is 1.79 bits per heavy atom. The molecule has 0 unspecified atom stereocenters. The van der Waals surface area contributed by atoms with E-state index in [-0.39, 0.29) is 0 Å². The molecule has 5 heteroatoms. The van der Waals surface area contributed by atoms with Crippen molar-refractivity contribution in [2.75, 3.05) is 20.1 Å². The Balaban J connectivity index is 0.000000203. The third kappa shape index (κ3) is 4.06. The molecule has 1 aliphatic rings. The molecule has 0 saturated carbocycles. The minimum Gasteiger partial charge on any atom is -0.306 e. The van der Waals surface area contributed by atoms with E-state index in [1.807, 2.05) is 36.5 Å². The van der Waals surface area contributed by atoms with Crippen LogP contribution in [-0.2, 0) is 0 Å². The molecule has 1 aromatic carbocycles. The van der Waals surface area contributed by atoms with Gasteiger partial charge < -0.3 is 4.90 Å². The normalized spacial score (nSPS) is 14.9. The summed E-state index contributed by atoms with van der Waals surface area (Å²) in [4.78, 5) is 17.3. The lowest BCUT2D eigenvalue weighted by molar-refractivity contribution is 0.111. The topological polar surface area (TPSA) is 50.5 Å². The van der Waals surface area contributed by atoms with E-state index in [0.717, 1.165) is 17.4 Å². The molecule has 4 rings (SSSR count). The number of piperidine rings is 1. The number of nitrogens with zero attached hydrogens (tertiary/aromatic N) is 4. The minimum atomic E-state index is 0.391. The zero-order valence-electron chi connectivity index (χ0n) is 13.9. The van der Waals surface area contributed by atoms with Crippen LogP contribution in [-0.4, -0.2) is 45.9 Å². The third-order valence-electron chi connectivity index (χ3n) is 4.14. The lowest BCUT2D eigenvalue weighted by atomic mass is 10.1. The fraction of sp³-hybridized carbons (Fsp3) is 0.316. The molecule has 0 bridgehead atoms. The van der Waals surface area contributed by atoms with Gasteiger partial charge in [-0.05, 0) is 38.5 Å². The zero-order valence-corrected chi connectivity index (χ0v) is 13.9. The number of fused-ring (bicyclic) bond motifs is 1. The fourth-order valence-corrected chi connectivity index (χ4v) is 2.78. The Morgan fingerprint density at radius 3 is 2.42 bits per heavy atom. The van der Waals surface area contributed by atoms with Gasteiger partial charge in [-0.15, -0.1) is 0 Å². The lowest BCUT2D eigenvalue weighted by Crippen LogP contribution is -2.24. The molecule has 0 radical (unpaired) electrons.